The molecule has 0 radical (unpaired) electrons. The molecule has 1 fully saturated rings. The summed E-state index contributed by atoms with van der Waals surface area (Å²) in [7, 11) is 2.00. The van der Waals surface area contributed by atoms with Crippen molar-refractivity contribution in [2.75, 3.05) is 39.4 Å². The topological polar surface area (TPSA) is 38.9 Å². The molecule has 1 aromatic heterocycles. The fourth-order valence-corrected chi connectivity index (χ4v) is 3.65. The number of carbonyl (C=O) groups excluding carboxylic acids is 1. The van der Waals surface area contributed by atoms with E-state index in [0.29, 0.717) is 28.7 Å². The van der Waals surface area contributed by atoms with Crippen molar-refractivity contribution in [2.24, 2.45) is 7.05 Å². The fourth-order valence-electron chi connectivity index (χ4n) is 3.35. The highest BCUT2D eigenvalue weighted by Gasteiger charge is 2.20. The second-order valence-electron chi connectivity index (χ2n) is 6.93. The third-order valence-electron chi connectivity index (χ3n) is 5.02. The van der Waals surface area contributed by atoms with Gasteiger partial charge in [0.2, 0.25) is 0 Å². The highest BCUT2D eigenvalue weighted by Crippen LogP contribution is 2.23. The van der Waals surface area contributed by atoms with Crippen molar-refractivity contribution in [1.29, 1.82) is 0 Å². The summed E-state index contributed by atoms with van der Waals surface area (Å²) in [4.78, 5) is 16.6. The van der Waals surface area contributed by atoms with Crippen molar-refractivity contribution in [3.05, 3.63) is 57.8 Å². The first kappa shape index (κ1) is 20.2. The number of aromatic nitrogens is 1. The number of amides is 1. The molecule has 1 aliphatic rings. The van der Waals surface area contributed by atoms with Gasteiger partial charge in [0.1, 0.15) is 13.1 Å². The summed E-state index contributed by atoms with van der Waals surface area (Å²) in [6.45, 7) is 6.05. The Morgan fingerprint density at radius 3 is 2.67 bits per heavy atom. The number of aryl methyl sites for hydroxylation is 1. The predicted octanol–water partition coefficient (Wildman–Crippen LogP) is 2.28. The number of nitrogens with one attached hydrogen (secondary N) is 1. The van der Waals surface area contributed by atoms with Crippen LogP contribution < -0.4 is 4.90 Å². The number of morpholine rings is 1. The van der Waals surface area contributed by atoms with E-state index in [9.17, 15) is 4.79 Å². The van der Waals surface area contributed by atoms with Crippen molar-refractivity contribution in [3.8, 4) is 0 Å². The van der Waals surface area contributed by atoms with Crippen LogP contribution in [-0.2, 0) is 18.3 Å². The molecule has 1 saturated heterocycles. The molecule has 1 N–H and O–H groups in total. The molecule has 2 aromatic rings. The minimum absolute atomic E-state index is 0.0215. The molecule has 0 atom stereocenters. The van der Waals surface area contributed by atoms with Crippen LogP contribution in [0.1, 0.15) is 22.5 Å². The Balaban J connectivity index is 1.69. The molecule has 0 bridgehead atoms. The second-order valence-corrected chi connectivity index (χ2v) is 7.75. The highest BCUT2D eigenvalue weighted by atomic mass is 35.5. The maximum atomic E-state index is 13.1. The van der Waals surface area contributed by atoms with E-state index in [1.54, 1.807) is 23.1 Å². The van der Waals surface area contributed by atoms with Gasteiger partial charge in [0.25, 0.3) is 5.91 Å². The summed E-state index contributed by atoms with van der Waals surface area (Å²) in [5.74, 6) is -0.0215. The molecule has 1 amide bonds. The quantitative estimate of drug-likeness (QED) is 0.760. The van der Waals surface area contributed by atoms with Crippen molar-refractivity contribution in [3.63, 3.8) is 0 Å². The Morgan fingerprint density at radius 2 is 2.00 bits per heavy atom. The molecule has 7 heteroatoms. The SMILES string of the molecule is Cn1cccc1CN(CCC[NH+]1CCOCC1)C(=O)c1ccc(Cl)c(Cl)c1. The Bertz CT molecular complexity index is 772. The second kappa shape index (κ2) is 9.60. The van der Waals surface area contributed by atoms with E-state index in [-0.39, 0.29) is 5.91 Å². The number of carbonyl (C=O) groups is 1. The lowest BCUT2D eigenvalue weighted by molar-refractivity contribution is -0.908. The molecular weight excluding hydrogens is 385 g/mol. The van der Waals surface area contributed by atoms with E-state index >= 15 is 0 Å². The molecule has 0 unspecified atom stereocenters. The highest BCUT2D eigenvalue weighted by molar-refractivity contribution is 6.42. The van der Waals surface area contributed by atoms with Crippen LogP contribution in [0, 0.1) is 0 Å². The van der Waals surface area contributed by atoms with Gasteiger partial charge in [-0.2, -0.15) is 0 Å². The molecule has 27 heavy (non-hydrogen) atoms. The van der Waals surface area contributed by atoms with Gasteiger partial charge in [-0.15, -0.1) is 0 Å². The van der Waals surface area contributed by atoms with Crippen molar-refractivity contribution in [1.82, 2.24) is 9.47 Å². The number of benzene rings is 1. The zero-order valence-electron chi connectivity index (χ0n) is 15.6. The first-order valence-corrected chi connectivity index (χ1v) is 10.1. The minimum Gasteiger partial charge on any atom is -0.370 e. The first-order chi connectivity index (χ1) is 13.0. The van der Waals surface area contributed by atoms with Gasteiger partial charge in [-0.25, -0.2) is 0 Å². The molecule has 5 nitrogen and oxygen atoms in total. The largest absolute Gasteiger partial charge is 0.370 e. The van der Waals surface area contributed by atoms with Crippen molar-refractivity contribution >= 4 is 29.1 Å². The average molecular weight is 411 g/mol. The average Bonchev–Trinajstić information content (AvgIpc) is 3.08. The van der Waals surface area contributed by atoms with Crippen molar-refractivity contribution < 1.29 is 14.4 Å². The van der Waals surface area contributed by atoms with Crippen LogP contribution in [0.5, 0.6) is 0 Å². The molecule has 146 valence electrons. The number of hydrogen-bond acceptors (Lipinski definition) is 2. The Hall–Kier alpha value is -1.53. The van der Waals surface area contributed by atoms with Crippen LogP contribution in [0.2, 0.25) is 10.0 Å². The molecule has 0 spiro atoms. The third-order valence-corrected chi connectivity index (χ3v) is 5.76. The van der Waals surface area contributed by atoms with Crippen LogP contribution in [-0.4, -0.2) is 54.8 Å². The van der Waals surface area contributed by atoms with Crippen LogP contribution in [0.4, 0.5) is 0 Å². The molecule has 1 aromatic carbocycles. The molecule has 0 aliphatic carbocycles. The maximum absolute atomic E-state index is 13.1. The van der Waals surface area contributed by atoms with E-state index in [2.05, 4.69) is 0 Å². The van der Waals surface area contributed by atoms with E-state index in [1.807, 2.05) is 34.8 Å². The first-order valence-electron chi connectivity index (χ1n) is 9.30. The number of quaternary nitrogens is 1. The van der Waals surface area contributed by atoms with Crippen LogP contribution in [0.25, 0.3) is 0 Å². The van der Waals surface area contributed by atoms with E-state index in [1.165, 1.54) is 0 Å². The van der Waals surface area contributed by atoms with Crippen LogP contribution >= 0.6 is 23.2 Å². The van der Waals surface area contributed by atoms with E-state index < -0.39 is 0 Å². The molecule has 0 saturated carbocycles. The minimum atomic E-state index is -0.0215. The fraction of sp³-hybridized carbons (Fsp3) is 0.450. The number of ether oxygens (including phenoxy) is 1. The van der Waals surface area contributed by atoms with Gasteiger partial charge in [0, 0.05) is 37.5 Å². The van der Waals surface area contributed by atoms with Gasteiger partial charge in [-0.1, -0.05) is 23.2 Å². The van der Waals surface area contributed by atoms with Crippen LogP contribution in [0.15, 0.2) is 36.5 Å². The van der Waals surface area contributed by atoms with Gasteiger partial charge in [-0.3, -0.25) is 4.79 Å². The van der Waals surface area contributed by atoms with Gasteiger partial charge in [-0.05, 0) is 30.3 Å². The monoisotopic (exact) mass is 410 g/mol. The molecular formula is C20H26Cl2N3O2+. The van der Waals surface area contributed by atoms with E-state index in [0.717, 1.165) is 45.0 Å². The lowest BCUT2D eigenvalue weighted by Crippen LogP contribution is -3.14. The summed E-state index contributed by atoms with van der Waals surface area (Å²) in [5.41, 5.74) is 1.67. The zero-order chi connectivity index (χ0) is 19.2. The van der Waals surface area contributed by atoms with Gasteiger partial charge in [0.05, 0.1) is 36.3 Å². The summed E-state index contributed by atoms with van der Waals surface area (Å²) in [5, 5.41) is 0.859. The maximum Gasteiger partial charge on any atom is 0.254 e. The van der Waals surface area contributed by atoms with Crippen molar-refractivity contribution in [2.45, 2.75) is 13.0 Å². The predicted molar refractivity (Wildman–Crippen MR) is 108 cm³/mol. The van der Waals surface area contributed by atoms with Gasteiger partial charge < -0.3 is 19.1 Å². The number of halogens is 2. The summed E-state index contributed by atoms with van der Waals surface area (Å²) >= 11 is 12.1. The standard InChI is InChI=1S/C20H25Cl2N3O2/c1-23-7-2-4-17(23)15-25(9-3-8-24-10-12-27-13-11-24)20(26)16-5-6-18(21)19(22)14-16/h2,4-7,14H,3,8-13,15H2,1H3/p+1. The van der Waals surface area contributed by atoms with Crippen LogP contribution in [0.3, 0.4) is 0 Å². The summed E-state index contributed by atoms with van der Waals surface area (Å²) < 4.78 is 7.46. The lowest BCUT2D eigenvalue weighted by atomic mass is 10.2. The number of rotatable bonds is 7. The Kier molecular flexibility index (Phi) is 7.19. The smallest absolute Gasteiger partial charge is 0.254 e. The zero-order valence-corrected chi connectivity index (χ0v) is 17.1. The van der Waals surface area contributed by atoms with Gasteiger partial charge in [0.15, 0.2) is 0 Å². The Labute approximate surface area is 170 Å². The third kappa shape index (κ3) is 5.48. The number of hydrogen-bond donors (Lipinski definition) is 1. The number of nitrogens with zero attached hydrogens (tertiary/aromatic N) is 2. The normalized spacial score (nSPS) is 15.1. The molecule has 3 rings (SSSR count). The van der Waals surface area contributed by atoms with E-state index in [4.69, 9.17) is 27.9 Å². The Morgan fingerprint density at radius 1 is 1.22 bits per heavy atom. The van der Waals surface area contributed by atoms with Gasteiger partial charge >= 0.3 is 0 Å². The summed E-state index contributed by atoms with van der Waals surface area (Å²) in [6, 6.07) is 9.10. The molecule has 2 heterocycles. The summed E-state index contributed by atoms with van der Waals surface area (Å²) in [6.07, 6.45) is 2.95. The molecule has 1 aliphatic heterocycles. The lowest BCUT2D eigenvalue weighted by Gasteiger charge is -2.26.